The van der Waals surface area contributed by atoms with Gasteiger partial charge >= 0.3 is 37.9 Å². The Morgan fingerprint density at radius 1 is 0.696 bits per heavy atom. The Bertz CT molecular complexity index is 1800. The zero-order valence-corrected chi connectivity index (χ0v) is 34.1. The molecular weight excluding hydrogens is 695 g/mol. The summed E-state index contributed by atoms with van der Waals surface area (Å²) in [5, 5.41) is 5.47. The van der Waals surface area contributed by atoms with Crippen LogP contribution >= 0.6 is 17.0 Å². The molecule has 0 atom stereocenters. The van der Waals surface area contributed by atoms with Gasteiger partial charge in [-0.15, -0.1) is 68.6 Å². The van der Waals surface area contributed by atoms with E-state index >= 15 is 0 Å². The Kier molecular flexibility index (Phi) is 14.8. The molecule has 2 radical (unpaired) electrons. The van der Waals surface area contributed by atoms with Crippen molar-refractivity contribution in [2.45, 2.75) is 79.8 Å². The van der Waals surface area contributed by atoms with Gasteiger partial charge < -0.3 is 0 Å². The quantitative estimate of drug-likeness (QED) is 0.125. The molecule has 0 saturated heterocycles. The molecule has 0 spiro atoms. The Hall–Kier alpha value is -2.22. The van der Waals surface area contributed by atoms with E-state index in [1.165, 1.54) is 71.6 Å². The van der Waals surface area contributed by atoms with Crippen LogP contribution in [-0.2, 0) is 26.3 Å². The number of hydrogen-bond donors (Lipinski definition) is 0. The van der Waals surface area contributed by atoms with E-state index in [2.05, 4.69) is 172 Å². The fraction of sp³-hybridized carbons (Fsp3) is 0.286. The van der Waals surface area contributed by atoms with Gasteiger partial charge in [-0.2, -0.15) is 12.1 Å². The summed E-state index contributed by atoms with van der Waals surface area (Å²) in [7, 11) is 11.0. The van der Waals surface area contributed by atoms with Gasteiger partial charge in [-0.05, 0) is 34.9 Å². The summed E-state index contributed by atoms with van der Waals surface area (Å²) < 4.78 is 0. The second-order valence-corrected chi connectivity index (χ2v) is 18.0. The molecule has 0 aliphatic heterocycles. The van der Waals surface area contributed by atoms with Crippen molar-refractivity contribution in [3.8, 4) is 22.3 Å². The SMILES string of the molecule is CC(C)c1cc2c(-c3ccc(C(C)(C)C)cc3)cccc2[cH-]1.C[Si]C.Cc1ccc(-c2ccc(C)c3[cH-]c(C)cc23)cc1.[Cl][Zr+2][Cl]. The molecule has 0 aliphatic carbocycles. The van der Waals surface area contributed by atoms with Gasteiger partial charge in [0.2, 0.25) is 0 Å². The topological polar surface area (TPSA) is 0 Å². The number of benzene rings is 4. The average molecular weight is 743 g/mol. The van der Waals surface area contributed by atoms with E-state index in [9.17, 15) is 0 Å². The Morgan fingerprint density at radius 3 is 1.78 bits per heavy atom. The predicted molar refractivity (Wildman–Crippen MR) is 206 cm³/mol. The van der Waals surface area contributed by atoms with Gasteiger partial charge in [0.1, 0.15) is 0 Å². The molecule has 6 rings (SSSR count). The van der Waals surface area contributed by atoms with Crippen molar-refractivity contribution in [3.63, 3.8) is 0 Å². The molecule has 0 aliphatic rings. The number of aryl methyl sites for hydroxylation is 3. The number of hydrogen-bond acceptors (Lipinski definition) is 0. The van der Waals surface area contributed by atoms with Crippen LogP contribution in [0.3, 0.4) is 0 Å². The van der Waals surface area contributed by atoms with Crippen LogP contribution in [-0.4, -0.2) is 9.52 Å². The Balaban J connectivity index is 0.000000217. The minimum atomic E-state index is -0.826. The molecule has 0 aromatic heterocycles. The summed E-state index contributed by atoms with van der Waals surface area (Å²) >= 11 is -0.826. The zero-order valence-electron chi connectivity index (χ0n) is 29.1. The van der Waals surface area contributed by atoms with Gasteiger partial charge in [0, 0.05) is 9.52 Å². The zero-order chi connectivity index (χ0) is 34.0. The molecule has 46 heavy (non-hydrogen) atoms. The van der Waals surface area contributed by atoms with E-state index in [0.717, 1.165) is 9.52 Å². The molecule has 0 amide bonds. The minimum absolute atomic E-state index is 0.204. The molecule has 6 aromatic carbocycles. The number of rotatable bonds is 3. The second kappa shape index (κ2) is 17.8. The van der Waals surface area contributed by atoms with Gasteiger partial charge in [0.05, 0.1) is 0 Å². The first-order chi connectivity index (χ1) is 21.8. The number of halogens is 2. The van der Waals surface area contributed by atoms with Crippen molar-refractivity contribution in [1.29, 1.82) is 0 Å². The van der Waals surface area contributed by atoms with Crippen molar-refractivity contribution in [1.82, 2.24) is 0 Å². The molecule has 0 unspecified atom stereocenters. The molecule has 6 aromatic rings. The summed E-state index contributed by atoms with van der Waals surface area (Å²) in [5.41, 5.74) is 12.3. The summed E-state index contributed by atoms with van der Waals surface area (Å²) in [6.45, 7) is 22.1. The van der Waals surface area contributed by atoms with Crippen LogP contribution in [0.4, 0.5) is 0 Å². The van der Waals surface area contributed by atoms with Crippen molar-refractivity contribution in [2.24, 2.45) is 0 Å². The molecule has 4 heteroatoms. The maximum atomic E-state index is 4.93. The van der Waals surface area contributed by atoms with Crippen molar-refractivity contribution < 1.29 is 20.8 Å². The monoisotopic (exact) mass is 740 g/mol. The van der Waals surface area contributed by atoms with E-state index in [-0.39, 0.29) is 5.41 Å². The fourth-order valence-corrected chi connectivity index (χ4v) is 5.57. The number of fused-ring (bicyclic) bond motifs is 2. The predicted octanol–water partition coefficient (Wildman–Crippen LogP) is 14.0. The van der Waals surface area contributed by atoms with Crippen LogP contribution in [0, 0.1) is 20.8 Å². The summed E-state index contributed by atoms with van der Waals surface area (Å²) in [6.07, 6.45) is 0. The van der Waals surface area contributed by atoms with E-state index in [4.69, 9.17) is 17.0 Å². The van der Waals surface area contributed by atoms with E-state index in [1.807, 2.05) is 0 Å². The molecule has 0 heterocycles. The normalized spacial score (nSPS) is 10.8. The van der Waals surface area contributed by atoms with Crippen molar-refractivity contribution in [3.05, 3.63) is 131 Å². The van der Waals surface area contributed by atoms with Gasteiger partial charge in [0.15, 0.2) is 0 Å². The third kappa shape index (κ3) is 10.1. The average Bonchev–Trinajstić information content (AvgIpc) is 3.63. The summed E-state index contributed by atoms with van der Waals surface area (Å²) in [6, 6.07) is 38.2. The van der Waals surface area contributed by atoms with Crippen LogP contribution < -0.4 is 0 Å². The summed E-state index contributed by atoms with van der Waals surface area (Å²) in [4.78, 5) is 0. The van der Waals surface area contributed by atoms with Crippen LogP contribution in [0.25, 0.3) is 43.8 Å². The third-order valence-electron chi connectivity index (χ3n) is 8.11. The molecule has 0 fully saturated rings. The van der Waals surface area contributed by atoms with E-state index in [0.29, 0.717) is 5.92 Å². The molecule has 0 nitrogen and oxygen atoms in total. The maximum absolute atomic E-state index is 4.93. The van der Waals surface area contributed by atoms with Gasteiger partial charge in [-0.1, -0.05) is 139 Å². The van der Waals surface area contributed by atoms with Crippen molar-refractivity contribution in [2.75, 3.05) is 0 Å². The van der Waals surface area contributed by atoms with E-state index < -0.39 is 20.8 Å². The standard InChI is InChI=1S/C22H25.C18H17.C2H6Si.2ClH.Zr/c1-15(2)18-13-17-7-6-8-20(21(17)14-18)16-9-11-19(12-10-16)22(3,4)5;1-12-4-7-15(8-5-12)16-9-6-14(3)17-10-13(2)11-18(16)17;1-3-2;;;/h6-15H,1-5H3;4-11H,1-3H3;1-2H3;2*1H;/q2*-1;;;;+4/p-2. The van der Waals surface area contributed by atoms with Gasteiger partial charge in [-0.3, -0.25) is 0 Å². The molecule has 0 N–H and O–H groups in total. The van der Waals surface area contributed by atoms with Crippen LogP contribution in [0.1, 0.15) is 68.4 Å². The molecule has 238 valence electrons. The first-order valence-electron chi connectivity index (χ1n) is 15.9. The molecule has 0 bridgehead atoms. The van der Waals surface area contributed by atoms with Crippen LogP contribution in [0.5, 0.6) is 0 Å². The molecule has 0 saturated carbocycles. The fourth-order valence-electron chi connectivity index (χ4n) is 5.57. The van der Waals surface area contributed by atoms with Gasteiger partial charge in [0.25, 0.3) is 0 Å². The van der Waals surface area contributed by atoms with E-state index in [1.54, 1.807) is 0 Å². The molecular formula is C42H48Cl2SiZr. The third-order valence-corrected chi connectivity index (χ3v) is 8.11. The summed E-state index contributed by atoms with van der Waals surface area (Å²) in [5.74, 6) is 0.573. The Morgan fingerprint density at radius 2 is 1.24 bits per heavy atom. The van der Waals surface area contributed by atoms with Crippen molar-refractivity contribution >= 4 is 48.1 Å². The van der Waals surface area contributed by atoms with Crippen LogP contribution in [0.15, 0.2) is 103 Å². The Labute approximate surface area is 299 Å². The first kappa shape index (κ1) is 38.2. The van der Waals surface area contributed by atoms with Crippen LogP contribution in [0.2, 0.25) is 13.1 Å². The van der Waals surface area contributed by atoms with Gasteiger partial charge in [-0.25, -0.2) is 0 Å². The second-order valence-electron chi connectivity index (χ2n) is 13.3. The first-order valence-corrected chi connectivity index (χ1v) is 24.3.